The number of nitrogens with zero attached hydrogens (tertiary/aromatic N) is 2. The van der Waals surface area contributed by atoms with E-state index in [1.54, 1.807) is 0 Å². The van der Waals surface area contributed by atoms with Gasteiger partial charge in [-0.1, -0.05) is 11.6 Å². The van der Waals surface area contributed by atoms with Gasteiger partial charge >= 0.3 is 6.09 Å². The van der Waals surface area contributed by atoms with Crippen LogP contribution in [0.25, 0.3) is 0 Å². The highest BCUT2D eigenvalue weighted by Crippen LogP contribution is 2.26. The summed E-state index contributed by atoms with van der Waals surface area (Å²) in [6.45, 7) is 1.01. The Labute approximate surface area is 155 Å². The van der Waals surface area contributed by atoms with Crippen molar-refractivity contribution in [3.05, 3.63) is 21.6 Å². The van der Waals surface area contributed by atoms with Gasteiger partial charge in [0.25, 0.3) is 5.56 Å². The first kappa shape index (κ1) is 18.9. The fourth-order valence-electron chi connectivity index (χ4n) is 3.12. The molecule has 1 aliphatic carbocycles. The highest BCUT2D eigenvalue weighted by molar-refractivity contribution is 7.88. The third-order valence-electron chi connectivity index (χ3n) is 4.38. The highest BCUT2D eigenvalue weighted by Gasteiger charge is 2.34. The second-order valence-electron chi connectivity index (χ2n) is 6.56. The summed E-state index contributed by atoms with van der Waals surface area (Å²) >= 11 is 5.99. The Morgan fingerprint density at radius 3 is 2.85 bits per heavy atom. The van der Waals surface area contributed by atoms with Crippen molar-refractivity contribution in [3.8, 4) is 0 Å². The summed E-state index contributed by atoms with van der Waals surface area (Å²) < 4.78 is 30.1. The summed E-state index contributed by atoms with van der Waals surface area (Å²) in [7, 11) is -3.23. The number of anilines is 1. The summed E-state index contributed by atoms with van der Waals surface area (Å²) in [4.78, 5) is 25.3. The molecule has 1 amide bonds. The number of ether oxygens (including phenoxy) is 1. The van der Waals surface area contributed by atoms with E-state index >= 15 is 0 Å². The van der Waals surface area contributed by atoms with Crippen molar-refractivity contribution in [2.24, 2.45) is 0 Å². The Morgan fingerprint density at radius 1 is 1.42 bits per heavy atom. The van der Waals surface area contributed by atoms with Gasteiger partial charge in [-0.25, -0.2) is 23.0 Å². The van der Waals surface area contributed by atoms with Crippen molar-refractivity contribution in [1.82, 2.24) is 20.2 Å². The number of hydrogen-bond acceptors (Lipinski definition) is 7. The molecule has 2 aliphatic rings. The van der Waals surface area contributed by atoms with Crippen molar-refractivity contribution >= 4 is 33.4 Å². The van der Waals surface area contributed by atoms with Crippen LogP contribution in [0.5, 0.6) is 0 Å². The van der Waals surface area contributed by atoms with Gasteiger partial charge < -0.3 is 15.0 Å². The largest absolute Gasteiger partial charge is 0.444 e. The van der Waals surface area contributed by atoms with E-state index in [1.165, 1.54) is 6.20 Å². The van der Waals surface area contributed by atoms with Gasteiger partial charge in [0.15, 0.2) is 0 Å². The molecule has 2 heterocycles. The zero-order chi connectivity index (χ0) is 18.9. The van der Waals surface area contributed by atoms with Crippen LogP contribution < -0.4 is 20.5 Å². The first-order chi connectivity index (χ1) is 12.2. The molecule has 3 N–H and O–H groups in total. The van der Waals surface area contributed by atoms with Crippen molar-refractivity contribution in [2.45, 2.75) is 37.5 Å². The molecule has 0 unspecified atom stereocenters. The molecular formula is C14H20ClN5O5S. The fraction of sp³-hybridized carbons (Fsp3) is 0.643. The minimum absolute atomic E-state index is 0.0592. The molecule has 3 rings (SSSR count). The lowest BCUT2D eigenvalue weighted by Crippen LogP contribution is -2.53. The van der Waals surface area contributed by atoms with E-state index in [2.05, 4.69) is 20.2 Å². The van der Waals surface area contributed by atoms with Gasteiger partial charge in [-0.3, -0.25) is 4.79 Å². The molecule has 1 saturated heterocycles. The van der Waals surface area contributed by atoms with Gasteiger partial charge in [-0.2, -0.15) is 5.10 Å². The number of H-pyrrole nitrogens is 1. The molecule has 1 saturated carbocycles. The molecule has 2 fully saturated rings. The fourth-order valence-corrected chi connectivity index (χ4v) is 4.13. The second kappa shape index (κ2) is 7.41. The average Bonchev–Trinajstić information content (AvgIpc) is 2.94. The van der Waals surface area contributed by atoms with Crippen LogP contribution in [0.2, 0.25) is 5.02 Å². The monoisotopic (exact) mass is 405 g/mol. The average molecular weight is 406 g/mol. The Hall–Kier alpha value is -1.85. The van der Waals surface area contributed by atoms with Crippen LogP contribution in [0.4, 0.5) is 10.5 Å². The molecule has 1 aliphatic heterocycles. The van der Waals surface area contributed by atoms with Crippen molar-refractivity contribution < 1.29 is 17.9 Å². The van der Waals surface area contributed by atoms with Crippen LogP contribution in [0.15, 0.2) is 11.0 Å². The summed E-state index contributed by atoms with van der Waals surface area (Å²) in [6, 6.07) is -0.256. The maximum Gasteiger partial charge on any atom is 0.407 e. The number of carbonyl (C=O) groups is 1. The molecule has 0 bridgehead atoms. The first-order valence-corrected chi connectivity index (χ1v) is 10.4. The second-order valence-corrected chi connectivity index (χ2v) is 8.72. The molecule has 0 aromatic carbocycles. The number of nitrogens with one attached hydrogen (secondary N) is 3. The van der Waals surface area contributed by atoms with Gasteiger partial charge in [0.2, 0.25) is 10.0 Å². The van der Waals surface area contributed by atoms with E-state index in [9.17, 15) is 18.0 Å². The number of carbonyl (C=O) groups excluding carboxylic acids is 1. The standard InChI is InChI=1S/C14H20ClN5O5S/c1-26(23,24)19-9-4-8(5-9)17-14(22)25-10-2-3-20(7-10)11-6-16-18-13(21)12(11)15/h6,8-10,19H,2-5,7H2,1H3,(H,17,22)(H,18,21)/t8-,9-,10-/m1/s1. The van der Waals surface area contributed by atoms with Gasteiger partial charge in [0.05, 0.1) is 24.7 Å². The lowest BCUT2D eigenvalue weighted by molar-refractivity contribution is 0.0986. The summed E-state index contributed by atoms with van der Waals surface area (Å²) in [5, 5.41) is 8.78. The topological polar surface area (TPSA) is 133 Å². The SMILES string of the molecule is CS(=O)(=O)N[C@H]1C[C@H](NC(=O)O[C@@H]2CCN(c3cn[nH]c(=O)c3Cl)C2)C1. The van der Waals surface area contributed by atoms with Gasteiger partial charge in [-0.15, -0.1) is 0 Å². The quantitative estimate of drug-likeness (QED) is 0.618. The molecule has 26 heavy (non-hydrogen) atoms. The van der Waals surface area contributed by atoms with Crippen molar-refractivity contribution in [2.75, 3.05) is 24.2 Å². The van der Waals surface area contributed by atoms with E-state index in [4.69, 9.17) is 16.3 Å². The van der Waals surface area contributed by atoms with Crippen molar-refractivity contribution in [1.29, 1.82) is 0 Å². The van der Waals surface area contributed by atoms with Crippen LogP contribution in [-0.2, 0) is 14.8 Å². The molecule has 1 atom stereocenters. The molecule has 1 aromatic heterocycles. The molecule has 0 spiro atoms. The van der Waals surface area contributed by atoms with E-state index in [1.807, 2.05) is 4.90 Å². The number of aromatic amines is 1. The zero-order valence-corrected chi connectivity index (χ0v) is 15.6. The number of amides is 1. The lowest BCUT2D eigenvalue weighted by atomic mass is 9.88. The Morgan fingerprint density at radius 2 is 2.15 bits per heavy atom. The number of halogens is 1. The normalized spacial score (nSPS) is 25.6. The van der Waals surface area contributed by atoms with E-state index < -0.39 is 21.7 Å². The summed E-state index contributed by atoms with van der Waals surface area (Å²) in [6.07, 6.45) is 3.40. The van der Waals surface area contributed by atoms with Gasteiger partial charge in [0, 0.05) is 25.0 Å². The molecule has 144 valence electrons. The lowest BCUT2D eigenvalue weighted by Gasteiger charge is -2.35. The number of alkyl carbamates (subject to hydrolysis) is 1. The minimum atomic E-state index is -3.23. The van der Waals surface area contributed by atoms with Crippen LogP contribution >= 0.6 is 11.6 Å². The Kier molecular flexibility index (Phi) is 5.39. The highest BCUT2D eigenvalue weighted by atomic mass is 35.5. The number of aromatic nitrogens is 2. The van der Waals surface area contributed by atoms with Crippen LogP contribution in [-0.4, -0.2) is 62.2 Å². The van der Waals surface area contributed by atoms with Crippen molar-refractivity contribution in [3.63, 3.8) is 0 Å². The third-order valence-corrected chi connectivity index (χ3v) is 5.50. The molecule has 10 nitrogen and oxygen atoms in total. The minimum Gasteiger partial charge on any atom is -0.444 e. The first-order valence-electron chi connectivity index (χ1n) is 8.14. The third kappa shape index (κ3) is 4.65. The number of sulfonamides is 1. The maximum absolute atomic E-state index is 12.0. The number of rotatable bonds is 5. The van der Waals surface area contributed by atoms with E-state index in [-0.39, 0.29) is 23.2 Å². The zero-order valence-electron chi connectivity index (χ0n) is 14.1. The summed E-state index contributed by atoms with van der Waals surface area (Å²) in [5.41, 5.74) is 0.0455. The van der Waals surface area contributed by atoms with Gasteiger partial charge in [-0.05, 0) is 12.8 Å². The maximum atomic E-state index is 12.0. The molecule has 12 heteroatoms. The molecule has 1 aromatic rings. The van der Waals surface area contributed by atoms with Gasteiger partial charge in [0.1, 0.15) is 11.1 Å². The van der Waals surface area contributed by atoms with E-state index in [0.29, 0.717) is 38.0 Å². The van der Waals surface area contributed by atoms with Crippen LogP contribution in [0.1, 0.15) is 19.3 Å². The summed E-state index contributed by atoms with van der Waals surface area (Å²) in [5.74, 6) is 0. The molecular weight excluding hydrogens is 386 g/mol. The predicted octanol–water partition coefficient (Wildman–Crippen LogP) is -0.192. The smallest absolute Gasteiger partial charge is 0.407 e. The van der Waals surface area contributed by atoms with Crippen LogP contribution in [0.3, 0.4) is 0 Å². The Balaban J connectivity index is 1.44. The predicted molar refractivity (Wildman–Crippen MR) is 94.9 cm³/mol. The molecule has 0 radical (unpaired) electrons. The van der Waals surface area contributed by atoms with E-state index in [0.717, 1.165) is 6.26 Å². The van der Waals surface area contributed by atoms with Crippen LogP contribution in [0, 0.1) is 0 Å². The number of hydrogen-bond donors (Lipinski definition) is 3. The Bertz CT molecular complexity index is 838.